The van der Waals surface area contributed by atoms with Crippen LogP contribution in [0.15, 0.2) is 24.3 Å². The molecule has 24 heavy (non-hydrogen) atoms. The third kappa shape index (κ3) is 4.84. The van der Waals surface area contributed by atoms with E-state index in [4.69, 9.17) is 9.47 Å². The van der Waals surface area contributed by atoms with E-state index in [1.165, 1.54) is 12.1 Å². The van der Waals surface area contributed by atoms with Crippen molar-refractivity contribution in [2.75, 3.05) is 13.1 Å². The van der Waals surface area contributed by atoms with Gasteiger partial charge in [0.15, 0.2) is 0 Å². The maximum atomic E-state index is 12.1. The summed E-state index contributed by atoms with van der Waals surface area (Å²) >= 11 is 0. The van der Waals surface area contributed by atoms with Crippen molar-refractivity contribution < 1.29 is 19.2 Å². The molecule has 1 aliphatic heterocycles. The Bertz CT molecular complexity index is 598. The highest BCUT2D eigenvalue weighted by molar-refractivity contribution is 5.68. The number of hydrogen-bond acceptors (Lipinski definition) is 5. The minimum absolute atomic E-state index is 0.0345. The van der Waals surface area contributed by atoms with Crippen molar-refractivity contribution in [1.82, 2.24) is 4.90 Å². The van der Waals surface area contributed by atoms with Gasteiger partial charge in [0.25, 0.3) is 5.69 Å². The van der Waals surface area contributed by atoms with Gasteiger partial charge in [0.2, 0.25) is 0 Å². The number of nitro groups is 1. The number of nitro benzene ring substituents is 1. The zero-order chi connectivity index (χ0) is 18.0. The maximum Gasteiger partial charge on any atom is 0.410 e. The van der Waals surface area contributed by atoms with Gasteiger partial charge in [-0.1, -0.05) is 0 Å². The van der Waals surface area contributed by atoms with Crippen molar-refractivity contribution in [3.8, 4) is 5.75 Å². The van der Waals surface area contributed by atoms with Crippen LogP contribution in [0.2, 0.25) is 0 Å². The van der Waals surface area contributed by atoms with Crippen LogP contribution in [0.5, 0.6) is 5.75 Å². The number of amides is 1. The fourth-order valence-corrected chi connectivity index (χ4v) is 2.51. The first-order chi connectivity index (χ1) is 11.1. The molecule has 2 rings (SSSR count). The summed E-state index contributed by atoms with van der Waals surface area (Å²) in [5.41, 5.74) is -0.880. The second-order valence-electron chi connectivity index (χ2n) is 7.27. The number of ether oxygens (including phenoxy) is 2. The van der Waals surface area contributed by atoms with E-state index in [0.717, 1.165) is 0 Å². The number of piperidine rings is 1. The van der Waals surface area contributed by atoms with Crippen molar-refractivity contribution in [2.45, 2.75) is 51.7 Å². The first-order valence-electron chi connectivity index (χ1n) is 7.99. The topological polar surface area (TPSA) is 81.9 Å². The molecular formula is C17H24N2O5. The van der Waals surface area contributed by atoms with Crippen LogP contribution in [0, 0.1) is 10.1 Å². The van der Waals surface area contributed by atoms with Crippen LogP contribution >= 0.6 is 0 Å². The number of hydrogen-bond donors (Lipinski definition) is 0. The largest absolute Gasteiger partial charge is 0.487 e. The minimum Gasteiger partial charge on any atom is -0.487 e. The monoisotopic (exact) mass is 336 g/mol. The first kappa shape index (κ1) is 18.0. The van der Waals surface area contributed by atoms with E-state index in [2.05, 4.69) is 0 Å². The minimum atomic E-state index is -0.507. The van der Waals surface area contributed by atoms with Gasteiger partial charge < -0.3 is 14.4 Å². The van der Waals surface area contributed by atoms with Gasteiger partial charge in [-0.3, -0.25) is 10.1 Å². The molecule has 0 spiro atoms. The summed E-state index contributed by atoms with van der Waals surface area (Å²) in [6, 6.07) is 6.05. The lowest BCUT2D eigenvalue weighted by molar-refractivity contribution is -0.384. The molecule has 0 aliphatic carbocycles. The van der Waals surface area contributed by atoms with E-state index in [0.29, 0.717) is 31.7 Å². The lowest BCUT2D eigenvalue weighted by Gasteiger charge is -2.39. The van der Waals surface area contributed by atoms with Crippen molar-refractivity contribution in [3.63, 3.8) is 0 Å². The molecule has 0 atom stereocenters. The predicted octanol–water partition coefficient (Wildman–Crippen LogP) is 3.76. The Morgan fingerprint density at radius 3 is 2.21 bits per heavy atom. The van der Waals surface area contributed by atoms with Crippen LogP contribution in [-0.4, -0.2) is 40.2 Å². The Morgan fingerprint density at radius 1 is 1.21 bits per heavy atom. The molecule has 0 saturated carbocycles. The van der Waals surface area contributed by atoms with Crippen LogP contribution < -0.4 is 4.74 Å². The molecular weight excluding hydrogens is 312 g/mol. The van der Waals surface area contributed by atoms with Crippen LogP contribution in [0.4, 0.5) is 10.5 Å². The second kappa shape index (κ2) is 6.67. The molecule has 0 radical (unpaired) electrons. The summed E-state index contributed by atoms with van der Waals surface area (Å²) in [5, 5.41) is 10.7. The van der Waals surface area contributed by atoms with Crippen LogP contribution in [0.3, 0.4) is 0 Å². The van der Waals surface area contributed by atoms with E-state index in [-0.39, 0.29) is 11.8 Å². The van der Waals surface area contributed by atoms with E-state index >= 15 is 0 Å². The van der Waals surface area contributed by atoms with Gasteiger partial charge in [0, 0.05) is 38.1 Å². The highest BCUT2D eigenvalue weighted by Crippen LogP contribution is 2.30. The molecule has 0 bridgehead atoms. The first-order valence-corrected chi connectivity index (χ1v) is 7.99. The fraction of sp³-hybridized carbons (Fsp3) is 0.588. The number of likely N-dealkylation sites (tertiary alicyclic amines) is 1. The van der Waals surface area contributed by atoms with Gasteiger partial charge in [-0.25, -0.2) is 4.79 Å². The molecule has 132 valence electrons. The van der Waals surface area contributed by atoms with Crippen molar-refractivity contribution in [2.24, 2.45) is 0 Å². The second-order valence-corrected chi connectivity index (χ2v) is 7.27. The molecule has 7 nitrogen and oxygen atoms in total. The molecule has 1 saturated heterocycles. The molecule has 0 aromatic heterocycles. The Balaban J connectivity index is 1.92. The van der Waals surface area contributed by atoms with Gasteiger partial charge in [0.1, 0.15) is 17.0 Å². The molecule has 1 amide bonds. The number of carbonyl (C=O) groups excluding carboxylic acids is 1. The van der Waals surface area contributed by atoms with Gasteiger partial charge in [-0.15, -0.1) is 0 Å². The lowest BCUT2D eigenvalue weighted by Crippen LogP contribution is -2.49. The molecule has 1 heterocycles. The molecule has 0 N–H and O–H groups in total. The lowest BCUT2D eigenvalue weighted by atomic mass is 9.93. The number of benzene rings is 1. The quantitative estimate of drug-likeness (QED) is 0.620. The Kier molecular flexibility index (Phi) is 5.01. The van der Waals surface area contributed by atoms with E-state index in [1.54, 1.807) is 17.0 Å². The predicted molar refractivity (Wildman–Crippen MR) is 89.2 cm³/mol. The molecule has 1 aliphatic rings. The average Bonchev–Trinajstić information content (AvgIpc) is 2.46. The van der Waals surface area contributed by atoms with Crippen molar-refractivity contribution in [1.29, 1.82) is 0 Å². The number of rotatable bonds is 3. The van der Waals surface area contributed by atoms with Crippen molar-refractivity contribution >= 4 is 11.8 Å². The SMILES string of the molecule is CC(C)(C)OC(=O)N1CCC(C)(Oc2ccc([N+](=O)[O-])cc2)CC1. The van der Waals surface area contributed by atoms with E-state index in [1.807, 2.05) is 27.7 Å². The molecule has 0 unspecified atom stereocenters. The van der Waals surface area contributed by atoms with Crippen LogP contribution in [0.1, 0.15) is 40.5 Å². The summed E-state index contributed by atoms with van der Waals surface area (Å²) in [6.45, 7) is 8.63. The molecule has 1 aromatic carbocycles. The van der Waals surface area contributed by atoms with Gasteiger partial charge in [-0.05, 0) is 39.8 Å². The summed E-state index contributed by atoms with van der Waals surface area (Å²) in [5.74, 6) is 0.591. The Labute approximate surface area is 141 Å². The van der Waals surface area contributed by atoms with E-state index in [9.17, 15) is 14.9 Å². The average molecular weight is 336 g/mol. The third-order valence-electron chi connectivity index (χ3n) is 3.88. The Morgan fingerprint density at radius 2 is 1.75 bits per heavy atom. The van der Waals surface area contributed by atoms with E-state index < -0.39 is 16.1 Å². The molecule has 7 heteroatoms. The zero-order valence-electron chi connectivity index (χ0n) is 14.6. The Hall–Kier alpha value is -2.31. The van der Waals surface area contributed by atoms with Crippen LogP contribution in [0.25, 0.3) is 0 Å². The highest BCUT2D eigenvalue weighted by atomic mass is 16.6. The summed E-state index contributed by atoms with van der Waals surface area (Å²) in [4.78, 5) is 24.0. The number of nitrogens with zero attached hydrogens (tertiary/aromatic N) is 2. The molecule has 1 fully saturated rings. The van der Waals surface area contributed by atoms with Gasteiger partial charge in [-0.2, -0.15) is 0 Å². The summed E-state index contributed by atoms with van der Waals surface area (Å²) in [6.07, 6.45) is 1.03. The van der Waals surface area contributed by atoms with Gasteiger partial charge >= 0.3 is 6.09 Å². The number of non-ortho nitro benzene ring substituents is 1. The maximum absolute atomic E-state index is 12.1. The third-order valence-corrected chi connectivity index (χ3v) is 3.88. The highest BCUT2D eigenvalue weighted by Gasteiger charge is 2.35. The summed E-state index contributed by atoms with van der Waals surface area (Å²) in [7, 11) is 0. The zero-order valence-corrected chi connectivity index (χ0v) is 14.6. The normalized spacial score (nSPS) is 17.2. The number of carbonyl (C=O) groups is 1. The van der Waals surface area contributed by atoms with Gasteiger partial charge in [0.05, 0.1) is 4.92 Å². The smallest absolute Gasteiger partial charge is 0.410 e. The molecule has 1 aromatic rings. The summed E-state index contributed by atoms with van der Waals surface area (Å²) < 4.78 is 11.4. The standard InChI is InChI=1S/C17H24N2O5/c1-16(2,3)24-15(20)18-11-9-17(4,10-12-18)23-14-7-5-13(6-8-14)19(21)22/h5-8H,9-12H2,1-4H3. The van der Waals surface area contributed by atoms with Crippen molar-refractivity contribution in [3.05, 3.63) is 34.4 Å². The van der Waals surface area contributed by atoms with Crippen LogP contribution in [-0.2, 0) is 4.74 Å². The fourth-order valence-electron chi connectivity index (χ4n) is 2.51.